The van der Waals surface area contributed by atoms with Gasteiger partial charge in [-0.2, -0.15) is 0 Å². The van der Waals surface area contributed by atoms with Crippen molar-refractivity contribution in [2.45, 2.75) is 13.8 Å². The Morgan fingerprint density at radius 1 is 0.833 bits per heavy atom. The Balaban J connectivity index is 0.000000180. The Morgan fingerprint density at radius 2 is 1.28 bits per heavy atom. The van der Waals surface area contributed by atoms with Crippen LogP contribution < -0.4 is 4.74 Å². The van der Waals surface area contributed by atoms with Crippen LogP contribution >= 0.6 is 0 Å². The lowest BCUT2D eigenvalue weighted by Gasteiger charge is -1.97. The average molecular weight is 242 g/mol. The molecule has 2 aromatic carbocycles. The van der Waals surface area contributed by atoms with E-state index in [2.05, 4.69) is 6.92 Å². The van der Waals surface area contributed by atoms with E-state index in [4.69, 9.17) is 4.74 Å². The van der Waals surface area contributed by atoms with Crippen LogP contribution in [0.3, 0.4) is 0 Å². The normalized spacial score (nSPS) is 9.06. The minimum Gasteiger partial charge on any atom is -0.497 e. The first-order valence-electron chi connectivity index (χ1n) is 5.78. The molecule has 0 heterocycles. The van der Waals surface area contributed by atoms with Crippen LogP contribution in [0.25, 0.3) is 0 Å². The first-order valence-corrected chi connectivity index (χ1v) is 5.78. The van der Waals surface area contributed by atoms with E-state index in [-0.39, 0.29) is 0 Å². The highest BCUT2D eigenvalue weighted by Crippen LogP contribution is 2.09. The molecule has 2 heteroatoms. The Morgan fingerprint density at radius 3 is 1.67 bits per heavy atom. The van der Waals surface area contributed by atoms with E-state index < -0.39 is 0 Å². The maximum atomic E-state index is 10.1. The fourth-order valence-corrected chi connectivity index (χ4v) is 1.32. The zero-order valence-electron chi connectivity index (χ0n) is 11.0. The minimum atomic E-state index is 0.737. The van der Waals surface area contributed by atoms with Gasteiger partial charge >= 0.3 is 0 Å². The number of carbonyl (C=O) groups is 1. The third kappa shape index (κ3) is 4.83. The summed E-state index contributed by atoms with van der Waals surface area (Å²) in [6.07, 6.45) is 0.847. The maximum absolute atomic E-state index is 10.1. The van der Waals surface area contributed by atoms with E-state index in [1.54, 1.807) is 7.11 Å². The molecule has 0 aliphatic carbocycles. The second-order valence-corrected chi connectivity index (χ2v) is 4.05. The van der Waals surface area contributed by atoms with Gasteiger partial charge in [0.1, 0.15) is 12.0 Å². The summed E-state index contributed by atoms with van der Waals surface area (Å²) in [5.41, 5.74) is 3.18. The second-order valence-electron chi connectivity index (χ2n) is 4.05. The highest BCUT2D eigenvalue weighted by molar-refractivity contribution is 5.74. The summed E-state index contributed by atoms with van der Waals surface area (Å²) in [7, 11) is 1.67. The van der Waals surface area contributed by atoms with Crippen LogP contribution in [0.15, 0.2) is 48.5 Å². The standard InChI is InChI=1S/C8H10O.C8H8O/c1-7-3-5-8(9-2)6-4-7;1-7-2-4-8(6-9)5-3-7/h3-6H,1-2H3;2-6H,1H3. The molecule has 0 amide bonds. The van der Waals surface area contributed by atoms with E-state index in [9.17, 15) is 4.79 Å². The number of carbonyl (C=O) groups excluding carboxylic acids is 1. The summed E-state index contributed by atoms with van der Waals surface area (Å²) < 4.78 is 4.97. The van der Waals surface area contributed by atoms with Crippen LogP contribution in [-0.4, -0.2) is 13.4 Å². The van der Waals surface area contributed by atoms with Crippen LogP contribution in [0.5, 0.6) is 5.75 Å². The second kappa shape index (κ2) is 7.28. The molecule has 0 N–H and O–H groups in total. The molecule has 0 radical (unpaired) electrons. The van der Waals surface area contributed by atoms with E-state index in [1.165, 1.54) is 11.1 Å². The van der Waals surface area contributed by atoms with Gasteiger partial charge < -0.3 is 4.74 Å². The average Bonchev–Trinajstić information content (AvgIpc) is 2.41. The van der Waals surface area contributed by atoms with Gasteiger partial charge in [-0.05, 0) is 26.0 Å². The maximum Gasteiger partial charge on any atom is 0.150 e. The van der Waals surface area contributed by atoms with Gasteiger partial charge in [0.05, 0.1) is 7.11 Å². The molecule has 0 spiro atoms. The molecule has 0 aromatic heterocycles. The molecule has 2 aromatic rings. The van der Waals surface area contributed by atoms with Crippen LogP contribution in [0.1, 0.15) is 21.5 Å². The summed E-state index contributed by atoms with van der Waals surface area (Å²) in [4.78, 5) is 10.1. The lowest BCUT2D eigenvalue weighted by molar-refractivity contribution is 0.112. The molecule has 0 aliphatic rings. The Labute approximate surface area is 108 Å². The van der Waals surface area contributed by atoms with Crippen molar-refractivity contribution >= 4 is 6.29 Å². The van der Waals surface area contributed by atoms with Gasteiger partial charge in [0.25, 0.3) is 0 Å². The van der Waals surface area contributed by atoms with Crippen LogP contribution in [-0.2, 0) is 0 Å². The summed E-state index contributed by atoms with van der Waals surface area (Å²) in [5, 5.41) is 0. The van der Waals surface area contributed by atoms with Crippen molar-refractivity contribution in [3.05, 3.63) is 65.2 Å². The van der Waals surface area contributed by atoms with Gasteiger partial charge in [-0.3, -0.25) is 4.79 Å². The third-order valence-electron chi connectivity index (χ3n) is 2.47. The van der Waals surface area contributed by atoms with Crippen molar-refractivity contribution in [1.82, 2.24) is 0 Å². The van der Waals surface area contributed by atoms with Gasteiger partial charge in [-0.1, -0.05) is 47.5 Å². The van der Waals surface area contributed by atoms with Gasteiger partial charge in [0.15, 0.2) is 0 Å². The smallest absolute Gasteiger partial charge is 0.150 e. The van der Waals surface area contributed by atoms with Crippen molar-refractivity contribution in [2.75, 3.05) is 7.11 Å². The Hall–Kier alpha value is -2.09. The monoisotopic (exact) mass is 242 g/mol. The summed E-state index contributed by atoms with van der Waals surface area (Å²) in [5.74, 6) is 0.917. The molecule has 2 nitrogen and oxygen atoms in total. The van der Waals surface area contributed by atoms with Crippen LogP contribution in [0.2, 0.25) is 0 Å². The summed E-state index contributed by atoms with van der Waals surface area (Å²) in [6.45, 7) is 4.05. The zero-order valence-corrected chi connectivity index (χ0v) is 11.0. The largest absolute Gasteiger partial charge is 0.497 e. The molecule has 0 aliphatic heterocycles. The molecule has 94 valence electrons. The van der Waals surface area contributed by atoms with E-state index in [1.807, 2.05) is 55.5 Å². The van der Waals surface area contributed by atoms with E-state index >= 15 is 0 Å². The molecule has 0 saturated heterocycles. The molecular formula is C16H18O2. The van der Waals surface area contributed by atoms with Crippen LogP contribution in [0, 0.1) is 13.8 Å². The predicted molar refractivity (Wildman–Crippen MR) is 74.3 cm³/mol. The lowest BCUT2D eigenvalue weighted by Crippen LogP contribution is -1.80. The number of benzene rings is 2. The number of rotatable bonds is 2. The van der Waals surface area contributed by atoms with Crippen molar-refractivity contribution in [3.8, 4) is 5.75 Å². The van der Waals surface area contributed by atoms with Crippen molar-refractivity contribution in [3.63, 3.8) is 0 Å². The first-order chi connectivity index (χ1) is 8.65. The third-order valence-corrected chi connectivity index (χ3v) is 2.47. The number of hydrogen-bond acceptors (Lipinski definition) is 2. The molecular weight excluding hydrogens is 224 g/mol. The molecule has 2 rings (SSSR count). The van der Waals surface area contributed by atoms with Crippen molar-refractivity contribution < 1.29 is 9.53 Å². The fourth-order valence-electron chi connectivity index (χ4n) is 1.32. The van der Waals surface area contributed by atoms with Crippen LogP contribution in [0.4, 0.5) is 0 Å². The fraction of sp³-hybridized carbons (Fsp3) is 0.188. The minimum absolute atomic E-state index is 0.737. The molecule has 0 bridgehead atoms. The molecule has 0 saturated carbocycles. The summed E-state index contributed by atoms with van der Waals surface area (Å²) >= 11 is 0. The number of aldehydes is 1. The summed E-state index contributed by atoms with van der Waals surface area (Å²) in [6, 6.07) is 15.4. The van der Waals surface area contributed by atoms with Gasteiger partial charge in [0, 0.05) is 5.56 Å². The van der Waals surface area contributed by atoms with E-state index in [0.29, 0.717) is 0 Å². The topological polar surface area (TPSA) is 26.3 Å². The highest BCUT2D eigenvalue weighted by atomic mass is 16.5. The van der Waals surface area contributed by atoms with Gasteiger partial charge in [0.2, 0.25) is 0 Å². The van der Waals surface area contributed by atoms with Crippen molar-refractivity contribution in [1.29, 1.82) is 0 Å². The number of aryl methyl sites for hydroxylation is 2. The molecule has 18 heavy (non-hydrogen) atoms. The Kier molecular flexibility index (Phi) is 5.65. The molecule has 0 fully saturated rings. The molecule has 0 atom stereocenters. The number of methoxy groups -OCH3 is 1. The molecule has 0 unspecified atom stereocenters. The Bertz CT molecular complexity index is 469. The van der Waals surface area contributed by atoms with Crippen molar-refractivity contribution in [2.24, 2.45) is 0 Å². The quantitative estimate of drug-likeness (QED) is 0.748. The highest BCUT2D eigenvalue weighted by Gasteiger charge is 1.86. The predicted octanol–water partition coefficient (Wildman–Crippen LogP) is 3.81. The van der Waals surface area contributed by atoms with Gasteiger partial charge in [-0.15, -0.1) is 0 Å². The zero-order chi connectivity index (χ0) is 13.4. The first kappa shape index (κ1) is 14.0. The number of ether oxygens (including phenoxy) is 1. The van der Waals surface area contributed by atoms with E-state index in [0.717, 1.165) is 17.6 Å². The van der Waals surface area contributed by atoms with Gasteiger partial charge in [-0.25, -0.2) is 0 Å². The SMILES string of the molecule is COc1ccc(C)cc1.Cc1ccc(C=O)cc1. The number of hydrogen-bond donors (Lipinski definition) is 0. The lowest BCUT2D eigenvalue weighted by atomic mass is 10.2.